The first-order valence-electron chi connectivity index (χ1n) is 3.63. The number of nitrogens with two attached hydrogens (primary N) is 1. The molecule has 6 heteroatoms. The summed E-state index contributed by atoms with van der Waals surface area (Å²) in [6.07, 6.45) is -3.61. The first-order chi connectivity index (χ1) is 5.71. The van der Waals surface area contributed by atoms with Crippen LogP contribution in [0.2, 0.25) is 0 Å². The molecule has 13 heavy (non-hydrogen) atoms. The number of nitrogens with one attached hydrogen (secondary N) is 1. The molecule has 0 amide bonds. The van der Waals surface area contributed by atoms with Gasteiger partial charge in [-0.25, -0.2) is 4.98 Å². The maximum Gasteiger partial charge on any atom is 0.434 e. The Bertz CT molecular complexity index is 266. The van der Waals surface area contributed by atoms with E-state index in [-0.39, 0.29) is 5.82 Å². The highest BCUT2D eigenvalue weighted by molar-refractivity contribution is 5.10. The van der Waals surface area contributed by atoms with Gasteiger partial charge in [0.05, 0.1) is 5.54 Å². The maximum atomic E-state index is 12.1. The predicted octanol–water partition coefficient (Wildman–Crippen LogP) is 1.62. The number of nitrogens with zero attached hydrogens (tertiary/aromatic N) is 1. The van der Waals surface area contributed by atoms with Gasteiger partial charge in [0.1, 0.15) is 5.82 Å². The van der Waals surface area contributed by atoms with Gasteiger partial charge in [0, 0.05) is 6.20 Å². The molecule has 0 aliphatic heterocycles. The number of H-pyrrole nitrogens is 1. The summed E-state index contributed by atoms with van der Waals surface area (Å²) < 4.78 is 36.2. The second kappa shape index (κ2) is 2.73. The summed E-state index contributed by atoms with van der Waals surface area (Å²) in [4.78, 5) is 5.74. The Hall–Kier alpha value is -1.04. The fraction of sp³-hybridized carbons (Fsp3) is 0.571. The molecule has 1 aromatic rings. The highest BCUT2D eigenvalue weighted by Gasteiger charge is 2.35. The van der Waals surface area contributed by atoms with Crippen molar-refractivity contribution in [3.05, 3.63) is 17.7 Å². The van der Waals surface area contributed by atoms with Crippen LogP contribution in [0.15, 0.2) is 6.20 Å². The van der Waals surface area contributed by atoms with Crippen LogP contribution >= 0.6 is 0 Å². The number of aromatic amines is 1. The lowest BCUT2D eigenvalue weighted by molar-refractivity contribution is -0.141. The van der Waals surface area contributed by atoms with Gasteiger partial charge in [-0.2, -0.15) is 13.2 Å². The largest absolute Gasteiger partial charge is 0.434 e. The summed E-state index contributed by atoms with van der Waals surface area (Å²) in [5.41, 5.74) is 3.72. The van der Waals surface area contributed by atoms with Crippen LogP contribution in [0.3, 0.4) is 0 Å². The van der Waals surface area contributed by atoms with Crippen LogP contribution < -0.4 is 5.73 Å². The first kappa shape index (κ1) is 10.0. The molecule has 74 valence electrons. The molecular formula is C7H10F3N3. The van der Waals surface area contributed by atoms with E-state index in [4.69, 9.17) is 5.73 Å². The van der Waals surface area contributed by atoms with Crippen LogP contribution in [0.5, 0.6) is 0 Å². The fourth-order valence-electron chi connectivity index (χ4n) is 0.797. The standard InChI is InChI=1S/C7H10F3N3/c1-6(2,11)5-12-3-4(13-5)7(8,9)10/h3H,11H2,1-2H3,(H,12,13). The normalized spacial score (nSPS) is 13.4. The zero-order chi connectivity index (χ0) is 10.3. The van der Waals surface area contributed by atoms with Gasteiger partial charge in [-0.05, 0) is 13.8 Å². The molecule has 0 spiro atoms. The minimum atomic E-state index is -4.42. The molecule has 0 saturated carbocycles. The lowest BCUT2D eigenvalue weighted by Crippen LogP contribution is -2.30. The second-order valence-corrected chi connectivity index (χ2v) is 3.35. The van der Waals surface area contributed by atoms with Gasteiger partial charge in [0.25, 0.3) is 0 Å². The third kappa shape index (κ3) is 2.21. The number of alkyl halides is 3. The number of halogens is 3. The van der Waals surface area contributed by atoms with Crippen molar-refractivity contribution in [2.45, 2.75) is 25.6 Å². The average molecular weight is 193 g/mol. The van der Waals surface area contributed by atoms with Crippen LogP contribution in [0.4, 0.5) is 13.2 Å². The van der Waals surface area contributed by atoms with Crippen molar-refractivity contribution in [3.8, 4) is 0 Å². The van der Waals surface area contributed by atoms with Crippen LogP contribution in [-0.2, 0) is 11.7 Å². The Morgan fingerprint density at radius 2 is 1.92 bits per heavy atom. The number of hydrogen-bond acceptors (Lipinski definition) is 2. The molecule has 0 aromatic carbocycles. The maximum absolute atomic E-state index is 12.1. The Morgan fingerprint density at radius 3 is 2.15 bits per heavy atom. The first-order valence-corrected chi connectivity index (χ1v) is 3.63. The molecule has 0 radical (unpaired) electrons. The predicted molar refractivity (Wildman–Crippen MR) is 40.8 cm³/mol. The van der Waals surface area contributed by atoms with Gasteiger partial charge in [-0.3, -0.25) is 0 Å². The third-order valence-corrected chi connectivity index (χ3v) is 1.48. The average Bonchev–Trinajstić information content (AvgIpc) is 2.28. The summed E-state index contributed by atoms with van der Waals surface area (Å²) in [5, 5.41) is 0. The SMILES string of the molecule is CC(C)(N)c1nc(C(F)(F)F)c[nH]1. The molecule has 3 N–H and O–H groups in total. The van der Waals surface area contributed by atoms with E-state index in [1.807, 2.05) is 0 Å². The van der Waals surface area contributed by atoms with Crippen molar-refractivity contribution in [2.75, 3.05) is 0 Å². The van der Waals surface area contributed by atoms with Gasteiger partial charge in [-0.15, -0.1) is 0 Å². The lowest BCUT2D eigenvalue weighted by Gasteiger charge is -2.14. The van der Waals surface area contributed by atoms with E-state index in [0.717, 1.165) is 6.20 Å². The lowest BCUT2D eigenvalue weighted by atomic mass is 10.1. The van der Waals surface area contributed by atoms with Crippen LogP contribution in [0.25, 0.3) is 0 Å². The number of aromatic nitrogens is 2. The van der Waals surface area contributed by atoms with Gasteiger partial charge in [0.2, 0.25) is 0 Å². The quantitative estimate of drug-likeness (QED) is 0.712. The van der Waals surface area contributed by atoms with Crippen molar-refractivity contribution >= 4 is 0 Å². The van der Waals surface area contributed by atoms with E-state index < -0.39 is 17.4 Å². The summed E-state index contributed by atoms with van der Waals surface area (Å²) in [5.74, 6) is 0.125. The van der Waals surface area contributed by atoms with Crippen molar-refractivity contribution in [3.63, 3.8) is 0 Å². The Labute approximate surface area is 73.2 Å². The van der Waals surface area contributed by atoms with E-state index in [1.165, 1.54) is 0 Å². The molecule has 0 atom stereocenters. The van der Waals surface area contributed by atoms with Gasteiger partial charge >= 0.3 is 6.18 Å². The summed E-state index contributed by atoms with van der Waals surface area (Å²) in [6, 6.07) is 0. The molecule has 1 rings (SSSR count). The fourth-order valence-corrected chi connectivity index (χ4v) is 0.797. The Kier molecular flexibility index (Phi) is 2.11. The van der Waals surface area contributed by atoms with Gasteiger partial charge in [0.15, 0.2) is 5.69 Å². The van der Waals surface area contributed by atoms with Crippen molar-refractivity contribution in [1.82, 2.24) is 9.97 Å². The van der Waals surface area contributed by atoms with Crippen molar-refractivity contribution in [1.29, 1.82) is 0 Å². The second-order valence-electron chi connectivity index (χ2n) is 3.35. The topological polar surface area (TPSA) is 54.7 Å². The molecule has 0 unspecified atom stereocenters. The van der Waals surface area contributed by atoms with Crippen molar-refractivity contribution in [2.24, 2.45) is 5.73 Å². The Balaban J connectivity index is 3.01. The molecule has 0 bridgehead atoms. The minimum Gasteiger partial charge on any atom is -0.346 e. The molecule has 3 nitrogen and oxygen atoms in total. The summed E-state index contributed by atoms with van der Waals surface area (Å²) in [6.45, 7) is 3.15. The highest BCUT2D eigenvalue weighted by Crippen LogP contribution is 2.28. The van der Waals surface area contributed by atoms with Gasteiger partial charge in [-0.1, -0.05) is 0 Å². The van der Waals surface area contributed by atoms with Crippen LogP contribution in [-0.4, -0.2) is 9.97 Å². The van der Waals surface area contributed by atoms with E-state index in [1.54, 1.807) is 13.8 Å². The van der Waals surface area contributed by atoms with E-state index >= 15 is 0 Å². The number of rotatable bonds is 1. The third-order valence-electron chi connectivity index (χ3n) is 1.48. The van der Waals surface area contributed by atoms with Crippen molar-refractivity contribution < 1.29 is 13.2 Å². The monoisotopic (exact) mass is 193 g/mol. The molecule has 0 aliphatic rings. The van der Waals surface area contributed by atoms with E-state index in [2.05, 4.69) is 9.97 Å². The smallest absolute Gasteiger partial charge is 0.346 e. The summed E-state index contributed by atoms with van der Waals surface area (Å²) in [7, 11) is 0. The zero-order valence-corrected chi connectivity index (χ0v) is 7.24. The Morgan fingerprint density at radius 1 is 1.38 bits per heavy atom. The molecule has 0 fully saturated rings. The number of imidazole rings is 1. The minimum absolute atomic E-state index is 0.125. The molecule has 1 heterocycles. The van der Waals surface area contributed by atoms with Gasteiger partial charge < -0.3 is 10.7 Å². The number of hydrogen-bond donors (Lipinski definition) is 2. The summed E-state index contributed by atoms with van der Waals surface area (Å²) >= 11 is 0. The molecule has 1 aromatic heterocycles. The van der Waals surface area contributed by atoms with Crippen LogP contribution in [0, 0.1) is 0 Å². The molecular weight excluding hydrogens is 183 g/mol. The van der Waals surface area contributed by atoms with E-state index in [9.17, 15) is 13.2 Å². The van der Waals surface area contributed by atoms with E-state index in [0.29, 0.717) is 0 Å². The molecule has 0 aliphatic carbocycles. The zero-order valence-electron chi connectivity index (χ0n) is 7.24. The highest BCUT2D eigenvalue weighted by atomic mass is 19.4. The van der Waals surface area contributed by atoms with Crippen LogP contribution in [0.1, 0.15) is 25.4 Å². The molecule has 0 saturated heterocycles.